The molecule has 2 aliphatic rings. The highest BCUT2D eigenvalue weighted by molar-refractivity contribution is 5.53. The predicted octanol–water partition coefficient (Wildman–Crippen LogP) is 3.55. The summed E-state index contributed by atoms with van der Waals surface area (Å²) in [6.07, 6.45) is 4.09. The number of ether oxygens (including phenoxy) is 1. The molecule has 2 fully saturated rings. The summed E-state index contributed by atoms with van der Waals surface area (Å²) in [4.78, 5) is 7.07. The largest absolute Gasteiger partial charge is 0.380 e. The first-order valence-corrected chi connectivity index (χ1v) is 9.02. The Hall–Kier alpha value is -1.72. The molecule has 2 unspecified atom stereocenters. The van der Waals surface area contributed by atoms with E-state index < -0.39 is 0 Å². The van der Waals surface area contributed by atoms with Crippen LogP contribution in [0.4, 0.5) is 0 Å². The van der Waals surface area contributed by atoms with E-state index in [2.05, 4.69) is 22.0 Å². The lowest BCUT2D eigenvalue weighted by Crippen LogP contribution is -2.37. The predicted molar refractivity (Wildman–Crippen MR) is 91.4 cm³/mol. The molecule has 2 aromatic rings. The average molecular weight is 327 g/mol. The van der Waals surface area contributed by atoms with Gasteiger partial charge in [0.25, 0.3) is 0 Å². The van der Waals surface area contributed by atoms with E-state index >= 15 is 0 Å². The van der Waals surface area contributed by atoms with Crippen LogP contribution in [0.5, 0.6) is 0 Å². The molecule has 1 aliphatic carbocycles. The summed E-state index contributed by atoms with van der Waals surface area (Å²) in [7, 11) is 0. The molecule has 1 aromatic carbocycles. The number of nitrogens with zero attached hydrogens (tertiary/aromatic N) is 3. The Bertz CT molecular complexity index is 654. The zero-order valence-electron chi connectivity index (χ0n) is 14.2. The van der Waals surface area contributed by atoms with Crippen molar-refractivity contribution < 1.29 is 9.26 Å². The summed E-state index contributed by atoms with van der Waals surface area (Å²) in [5.74, 6) is 2.84. The molecule has 1 aromatic heterocycles. The summed E-state index contributed by atoms with van der Waals surface area (Å²) < 4.78 is 11.4. The Labute approximate surface area is 143 Å². The highest BCUT2D eigenvalue weighted by atomic mass is 16.5. The van der Waals surface area contributed by atoms with Gasteiger partial charge >= 0.3 is 0 Å². The van der Waals surface area contributed by atoms with Crippen LogP contribution in [0.25, 0.3) is 11.4 Å². The van der Waals surface area contributed by atoms with Crippen LogP contribution in [0.1, 0.15) is 38.1 Å². The first-order chi connectivity index (χ1) is 11.8. The Morgan fingerprint density at radius 2 is 2.00 bits per heavy atom. The maximum absolute atomic E-state index is 5.85. The van der Waals surface area contributed by atoms with Crippen LogP contribution in [-0.2, 0) is 4.74 Å². The van der Waals surface area contributed by atoms with Crippen molar-refractivity contribution in [3.63, 3.8) is 0 Å². The minimum atomic E-state index is 0.124. The maximum atomic E-state index is 5.85. The van der Waals surface area contributed by atoms with Crippen molar-refractivity contribution in [2.75, 3.05) is 26.3 Å². The van der Waals surface area contributed by atoms with E-state index in [0.29, 0.717) is 17.6 Å². The van der Waals surface area contributed by atoms with E-state index in [4.69, 9.17) is 9.26 Å². The van der Waals surface area contributed by atoms with Crippen molar-refractivity contribution >= 4 is 0 Å². The topological polar surface area (TPSA) is 51.4 Å². The quantitative estimate of drug-likeness (QED) is 0.859. The molecular weight excluding hydrogens is 302 g/mol. The maximum Gasteiger partial charge on any atom is 0.244 e. The van der Waals surface area contributed by atoms with Gasteiger partial charge in [0.15, 0.2) is 0 Å². The highest BCUT2D eigenvalue weighted by Gasteiger charge is 2.33. The number of hydrogen-bond acceptors (Lipinski definition) is 5. The normalized spacial score (nSPS) is 24.3. The summed E-state index contributed by atoms with van der Waals surface area (Å²) >= 11 is 0. The molecule has 1 aliphatic heterocycles. The second-order valence-corrected chi connectivity index (χ2v) is 7.02. The summed E-state index contributed by atoms with van der Waals surface area (Å²) in [5.41, 5.74) is 0.992. The van der Waals surface area contributed by atoms with E-state index in [9.17, 15) is 0 Å². The smallest absolute Gasteiger partial charge is 0.244 e. The zero-order valence-corrected chi connectivity index (χ0v) is 14.2. The number of hydrogen-bond donors (Lipinski definition) is 0. The number of rotatable bonds is 4. The van der Waals surface area contributed by atoms with Crippen molar-refractivity contribution in [3.05, 3.63) is 36.2 Å². The van der Waals surface area contributed by atoms with E-state index in [1.54, 1.807) is 0 Å². The van der Waals surface area contributed by atoms with Gasteiger partial charge in [-0.2, -0.15) is 4.98 Å². The molecule has 1 saturated carbocycles. The van der Waals surface area contributed by atoms with Gasteiger partial charge in [0.05, 0.1) is 19.3 Å². The van der Waals surface area contributed by atoms with E-state index in [1.807, 2.05) is 30.3 Å². The molecule has 5 heteroatoms. The Balaban J connectivity index is 1.48. The van der Waals surface area contributed by atoms with Gasteiger partial charge in [0.1, 0.15) is 0 Å². The fraction of sp³-hybridized carbons (Fsp3) is 0.579. The van der Waals surface area contributed by atoms with E-state index in [0.717, 1.165) is 37.8 Å². The standard InChI is InChI=1S/C19H25N3O2/c1-14(19-20-18(21-24-19)16-6-3-2-4-7-16)22-10-11-23-13-17(12-22)15-8-5-9-15/h2-4,6-7,14-15,17H,5,8-13H2,1H3. The molecule has 5 nitrogen and oxygen atoms in total. The number of aromatic nitrogens is 2. The lowest BCUT2D eigenvalue weighted by Gasteiger charge is -2.36. The van der Waals surface area contributed by atoms with Gasteiger partial charge in [-0.25, -0.2) is 0 Å². The fourth-order valence-corrected chi connectivity index (χ4v) is 3.68. The Morgan fingerprint density at radius 3 is 2.75 bits per heavy atom. The van der Waals surface area contributed by atoms with Crippen LogP contribution in [-0.4, -0.2) is 41.3 Å². The monoisotopic (exact) mass is 327 g/mol. The van der Waals surface area contributed by atoms with Crippen LogP contribution in [0.15, 0.2) is 34.9 Å². The first-order valence-electron chi connectivity index (χ1n) is 9.02. The van der Waals surface area contributed by atoms with Gasteiger partial charge in [-0.05, 0) is 18.8 Å². The third-order valence-corrected chi connectivity index (χ3v) is 5.52. The third-order valence-electron chi connectivity index (χ3n) is 5.52. The van der Waals surface area contributed by atoms with Crippen LogP contribution in [0, 0.1) is 11.8 Å². The molecule has 2 heterocycles. The van der Waals surface area contributed by atoms with Crippen molar-refractivity contribution in [2.24, 2.45) is 11.8 Å². The van der Waals surface area contributed by atoms with Gasteiger partial charge in [-0.3, -0.25) is 4.90 Å². The molecule has 4 rings (SSSR count). The third kappa shape index (κ3) is 3.23. The van der Waals surface area contributed by atoms with Gasteiger partial charge < -0.3 is 9.26 Å². The molecule has 0 radical (unpaired) electrons. The lowest BCUT2D eigenvalue weighted by molar-refractivity contribution is 0.0756. The minimum absolute atomic E-state index is 0.124. The van der Waals surface area contributed by atoms with Gasteiger partial charge in [0.2, 0.25) is 11.7 Å². The Kier molecular flexibility index (Phi) is 4.63. The molecular formula is C19H25N3O2. The number of benzene rings is 1. The van der Waals surface area contributed by atoms with Crippen molar-refractivity contribution in [3.8, 4) is 11.4 Å². The molecule has 0 bridgehead atoms. The lowest BCUT2D eigenvalue weighted by atomic mass is 9.76. The van der Waals surface area contributed by atoms with Crippen LogP contribution >= 0.6 is 0 Å². The summed E-state index contributed by atoms with van der Waals surface area (Å²) in [5, 5.41) is 4.16. The minimum Gasteiger partial charge on any atom is -0.380 e. The summed E-state index contributed by atoms with van der Waals surface area (Å²) in [6.45, 7) is 5.83. The highest BCUT2D eigenvalue weighted by Crippen LogP contribution is 2.36. The molecule has 0 amide bonds. The summed E-state index contributed by atoms with van der Waals surface area (Å²) in [6, 6.07) is 10.1. The van der Waals surface area contributed by atoms with Crippen LogP contribution < -0.4 is 0 Å². The van der Waals surface area contributed by atoms with E-state index in [-0.39, 0.29) is 6.04 Å². The first kappa shape index (κ1) is 15.8. The Morgan fingerprint density at radius 1 is 1.17 bits per heavy atom. The second-order valence-electron chi connectivity index (χ2n) is 7.02. The van der Waals surface area contributed by atoms with Crippen molar-refractivity contribution in [2.45, 2.75) is 32.2 Å². The second kappa shape index (κ2) is 7.03. The van der Waals surface area contributed by atoms with Crippen molar-refractivity contribution in [1.29, 1.82) is 0 Å². The SMILES string of the molecule is CC(c1nc(-c2ccccc2)no1)N1CCOCC(C2CCC2)C1. The molecule has 24 heavy (non-hydrogen) atoms. The average Bonchev–Trinajstić information content (AvgIpc) is 2.94. The van der Waals surface area contributed by atoms with Gasteiger partial charge in [-0.1, -0.05) is 54.8 Å². The fourth-order valence-electron chi connectivity index (χ4n) is 3.68. The van der Waals surface area contributed by atoms with E-state index in [1.165, 1.54) is 19.3 Å². The molecule has 2 atom stereocenters. The zero-order chi connectivity index (χ0) is 16.4. The molecule has 1 saturated heterocycles. The van der Waals surface area contributed by atoms with Crippen molar-refractivity contribution in [1.82, 2.24) is 15.0 Å². The van der Waals surface area contributed by atoms with Gasteiger partial charge in [-0.15, -0.1) is 0 Å². The van der Waals surface area contributed by atoms with Crippen LogP contribution in [0.2, 0.25) is 0 Å². The molecule has 128 valence electrons. The van der Waals surface area contributed by atoms with Crippen LogP contribution in [0.3, 0.4) is 0 Å². The van der Waals surface area contributed by atoms with Gasteiger partial charge in [0, 0.05) is 18.7 Å². The molecule has 0 N–H and O–H groups in total. The molecule has 0 spiro atoms.